The highest BCUT2D eigenvalue weighted by molar-refractivity contribution is 7.89. The van der Waals surface area contributed by atoms with Gasteiger partial charge in [-0.3, -0.25) is 5.10 Å². The number of nitrogens with zero attached hydrogens (tertiary/aromatic N) is 2. The molecule has 0 aliphatic heterocycles. The Morgan fingerprint density at radius 1 is 0.880 bits per heavy atom. The van der Waals surface area contributed by atoms with Gasteiger partial charge in [-0.2, -0.15) is 9.40 Å². The van der Waals surface area contributed by atoms with Gasteiger partial charge in [0.15, 0.2) is 0 Å². The molecule has 0 unspecified atom stereocenters. The van der Waals surface area contributed by atoms with Crippen molar-refractivity contribution in [1.29, 1.82) is 0 Å². The molecule has 5 nitrogen and oxygen atoms in total. The number of H-pyrrole nitrogens is 1. The van der Waals surface area contributed by atoms with E-state index in [2.05, 4.69) is 10.2 Å². The summed E-state index contributed by atoms with van der Waals surface area (Å²) in [4.78, 5) is 0.263. The van der Waals surface area contributed by atoms with Gasteiger partial charge in [0.1, 0.15) is 4.90 Å². The fourth-order valence-electron chi connectivity index (χ4n) is 2.85. The predicted molar refractivity (Wildman–Crippen MR) is 97.4 cm³/mol. The number of benzene rings is 2. The Bertz CT molecular complexity index is 874. The number of aryl methyl sites for hydroxylation is 2. The smallest absolute Gasteiger partial charge is 0.247 e. The first-order valence-electron chi connectivity index (χ1n) is 8.08. The van der Waals surface area contributed by atoms with Gasteiger partial charge in [0.25, 0.3) is 0 Å². The number of aromatic nitrogens is 2. The molecule has 2 aromatic carbocycles. The lowest BCUT2D eigenvalue weighted by Crippen LogP contribution is -2.31. The van der Waals surface area contributed by atoms with Crippen LogP contribution in [0.15, 0.2) is 65.6 Å². The van der Waals surface area contributed by atoms with Gasteiger partial charge in [0.2, 0.25) is 10.0 Å². The molecule has 0 spiro atoms. The molecule has 0 atom stereocenters. The van der Waals surface area contributed by atoms with Gasteiger partial charge in [0.05, 0.1) is 11.4 Å². The van der Waals surface area contributed by atoms with Gasteiger partial charge in [-0.15, -0.1) is 0 Å². The molecule has 0 aliphatic rings. The number of aromatic amines is 1. The van der Waals surface area contributed by atoms with Gasteiger partial charge >= 0.3 is 0 Å². The van der Waals surface area contributed by atoms with Crippen LogP contribution in [0, 0.1) is 13.8 Å². The van der Waals surface area contributed by atoms with E-state index in [-0.39, 0.29) is 4.90 Å². The maximum atomic E-state index is 13.3. The van der Waals surface area contributed by atoms with E-state index in [9.17, 15) is 8.42 Å². The van der Waals surface area contributed by atoms with Crippen molar-refractivity contribution in [1.82, 2.24) is 14.5 Å². The van der Waals surface area contributed by atoms with Crippen LogP contribution in [0.25, 0.3) is 0 Å². The minimum absolute atomic E-state index is 0.263. The number of hydrogen-bond acceptors (Lipinski definition) is 3. The highest BCUT2D eigenvalue weighted by Gasteiger charge is 2.29. The second-order valence-electron chi connectivity index (χ2n) is 6.01. The van der Waals surface area contributed by atoms with Gasteiger partial charge in [-0.1, -0.05) is 60.7 Å². The van der Waals surface area contributed by atoms with Crippen LogP contribution >= 0.6 is 0 Å². The average Bonchev–Trinajstić information content (AvgIpc) is 2.95. The summed E-state index contributed by atoms with van der Waals surface area (Å²) in [5.74, 6) is 0. The van der Waals surface area contributed by atoms with Crippen LogP contribution in [0.4, 0.5) is 0 Å². The summed E-state index contributed by atoms with van der Waals surface area (Å²) in [7, 11) is -3.68. The van der Waals surface area contributed by atoms with Crippen molar-refractivity contribution in [3.63, 3.8) is 0 Å². The first-order valence-corrected chi connectivity index (χ1v) is 9.52. The van der Waals surface area contributed by atoms with E-state index in [0.717, 1.165) is 11.1 Å². The van der Waals surface area contributed by atoms with E-state index >= 15 is 0 Å². The quantitative estimate of drug-likeness (QED) is 0.737. The van der Waals surface area contributed by atoms with Gasteiger partial charge in [0, 0.05) is 13.1 Å². The molecule has 0 saturated carbocycles. The van der Waals surface area contributed by atoms with E-state index in [1.807, 2.05) is 60.7 Å². The maximum Gasteiger partial charge on any atom is 0.247 e. The van der Waals surface area contributed by atoms with Gasteiger partial charge in [-0.05, 0) is 25.0 Å². The monoisotopic (exact) mass is 355 g/mol. The molecule has 3 aromatic rings. The minimum atomic E-state index is -3.68. The van der Waals surface area contributed by atoms with E-state index in [1.165, 1.54) is 4.31 Å². The molecule has 6 heteroatoms. The first kappa shape index (κ1) is 17.4. The Labute approximate surface area is 148 Å². The van der Waals surface area contributed by atoms with Gasteiger partial charge < -0.3 is 0 Å². The lowest BCUT2D eigenvalue weighted by molar-refractivity contribution is 0.400. The fraction of sp³-hybridized carbons (Fsp3) is 0.211. The number of nitrogens with one attached hydrogen (secondary N) is 1. The van der Waals surface area contributed by atoms with Crippen molar-refractivity contribution in [2.24, 2.45) is 0 Å². The Morgan fingerprint density at radius 3 is 1.76 bits per heavy atom. The molecule has 0 saturated heterocycles. The molecule has 0 amide bonds. The summed E-state index contributed by atoms with van der Waals surface area (Å²) in [5.41, 5.74) is 2.94. The van der Waals surface area contributed by atoms with Crippen molar-refractivity contribution < 1.29 is 8.42 Å². The van der Waals surface area contributed by atoms with Crippen LogP contribution in [0.1, 0.15) is 22.5 Å². The summed E-state index contributed by atoms with van der Waals surface area (Å²) in [6.07, 6.45) is 0. The molecule has 0 radical (unpaired) electrons. The van der Waals surface area contributed by atoms with Crippen LogP contribution < -0.4 is 0 Å². The molecule has 1 aromatic heterocycles. The molecular formula is C19H21N3O2S. The molecule has 25 heavy (non-hydrogen) atoms. The molecule has 130 valence electrons. The maximum absolute atomic E-state index is 13.3. The van der Waals surface area contributed by atoms with Crippen LogP contribution in [0.2, 0.25) is 0 Å². The standard InChI is InChI=1S/C19H21N3O2S/c1-15-19(16(2)21-20-15)25(23,24)22(13-17-9-5-3-6-10-17)14-18-11-7-4-8-12-18/h3-12H,13-14H2,1-2H3,(H,20,21). The molecule has 0 aliphatic carbocycles. The van der Waals surface area contributed by atoms with E-state index in [4.69, 9.17) is 0 Å². The molecular weight excluding hydrogens is 334 g/mol. The molecule has 3 rings (SSSR count). The van der Waals surface area contributed by atoms with Crippen LogP contribution in [-0.2, 0) is 23.1 Å². The average molecular weight is 355 g/mol. The zero-order valence-electron chi connectivity index (χ0n) is 14.3. The summed E-state index contributed by atoms with van der Waals surface area (Å²) >= 11 is 0. The highest BCUT2D eigenvalue weighted by Crippen LogP contribution is 2.25. The zero-order chi connectivity index (χ0) is 17.9. The first-order chi connectivity index (χ1) is 12.0. The van der Waals surface area contributed by atoms with E-state index in [1.54, 1.807) is 13.8 Å². The Morgan fingerprint density at radius 2 is 1.36 bits per heavy atom. The summed E-state index contributed by atoms with van der Waals surface area (Å²) in [6.45, 7) is 4.06. The summed E-state index contributed by atoms with van der Waals surface area (Å²) in [6, 6.07) is 19.2. The lowest BCUT2D eigenvalue weighted by Gasteiger charge is -2.22. The summed E-state index contributed by atoms with van der Waals surface area (Å²) < 4.78 is 28.1. The molecule has 1 N–H and O–H groups in total. The number of hydrogen-bond donors (Lipinski definition) is 1. The van der Waals surface area contributed by atoms with Crippen molar-refractivity contribution >= 4 is 10.0 Å². The fourth-order valence-corrected chi connectivity index (χ4v) is 4.60. The zero-order valence-corrected chi connectivity index (χ0v) is 15.1. The highest BCUT2D eigenvalue weighted by atomic mass is 32.2. The second-order valence-corrected chi connectivity index (χ2v) is 7.88. The van der Waals surface area contributed by atoms with Crippen molar-refractivity contribution in [3.05, 3.63) is 83.2 Å². The number of sulfonamides is 1. The minimum Gasteiger partial charge on any atom is -0.281 e. The third-order valence-corrected chi connectivity index (χ3v) is 6.12. The molecule has 1 heterocycles. The van der Waals surface area contributed by atoms with Crippen LogP contribution in [0.5, 0.6) is 0 Å². The van der Waals surface area contributed by atoms with Crippen molar-refractivity contribution in [2.75, 3.05) is 0 Å². The Balaban J connectivity index is 2.01. The second kappa shape index (κ2) is 7.21. The number of rotatable bonds is 6. The largest absolute Gasteiger partial charge is 0.281 e. The summed E-state index contributed by atoms with van der Waals surface area (Å²) in [5, 5.41) is 6.82. The van der Waals surface area contributed by atoms with Gasteiger partial charge in [-0.25, -0.2) is 8.42 Å². The third kappa shape index (κ3) is 3.81. The van der Waals surface area contributed by atoms with Crippen molar-refractivity contribution in [3.8, 4) is 0 Å². The Kier molecular flexibility index (Phi) is 5.01. The SMILES string of the molecule is Cc1n[nH]c(C)c1S(=O)(=O)N(Cc1ccccc1)Cc1ccccc1. The lowest BCUT2D eigenvalue weighted by atomic mass is 10.2. The molecule has 0 fully saturated rings. The van der Waals surface area contributed by atoms with Crippen molar-refractivity contribution in [2.45, 2.75) is 31.8 Å². The third-order valence-electron chi connectivity index (χ3n) is 4.06. The Hall–Kier alpha value is -2.44. The predicted octanol–water partition coefficient (Wildman–Crippen LogP) is 3.42. The normalized spacial score (nSPS) is 11.8. The van der Waals surface area contributed by atoms with E-state index < -0.39 is 10.0 Å². The topological polar surface area (TPSA) is 66.1 Å². The van der Waals surface area contributed by atoms with Crippen LogP contribution in [-0.4, -0.2) is 22.9 Å². The van der Waals surface area contributed by atoms with E-state index in [0.29, 0.717) is 24.5 Å². The van der Waals surface area contributed by atoms with Crippen LogP contribution in [0.3, 0.4) is 0 Å². The molecule has 0 bridgehead atoms.